The first-order chi connectivity index (χ1) is 5.22. The van der Waals surface area contributed by atoms with E-state index in [0.29, 0.717) is 5.76 Å². The molecule has 2 nitrogen and oxygen atoms in total. The molecule has 0 heterocycles. The third-order valence-electron chi connectivity index (χ3n) is 0.849. The van der Waals surface area contributed by atoms with Crippen molar-refractivity contribution in [1.29, 1.82) is 0 Å². The molecule has 0 radical (unpaired) electrons. The second kappa shape index (κ2) is 8.95. The lowest BCUT2D eigenvalue weighted by Gasteiger charge is -2.00. The average molecular weight is 155 g/mol. The number of hydrogen-bond donors (Lipinski definition) is 0. The van der Waals surface area contributed by atoms with Crippen LogP contribution >= 0.6 is 0 Å². The molecule has 0 N–H and O–H groups in total. The Morgan fingerprint density at radius 1 is 1.45 bits per heavy atom. The Balaban J connectivity index is 0. The van der Waals surface area contributed by atoms with Gasteiger partial charge in [-0.05, 0) is 19.2 Å². The van der Waals surface area contributed by atoms with Crippen LogP contribution in [0.3, 0.4) is 0 Å². The second-order valence-electron chi connectivity index (χ2n) is 1.66. The number of hydrogen-bond acceptors (Lipinski definition) is 2. The van der Waals surface area contributed by atoms with Gasteiger partial charge in [-0.1, -0.05) is 20.4 Å². The van der Waals surface area contributed by atoms with Gasteiger partial charge < -0.3 is 4.74 Å². The molecule has 0 rings (SSSR count). The molecule has 0 aromatic carbocycles. The van der Waals surface area contributed by atoms with Crippen LogP contribution in [0.1, 0.15) is 20.8 Å². The molecule has 0 atom stereocenters. The Hall–Kier alpha value is -1.05. The van der Waals surface area contributed by atoms with E-state index in [-0.39, 0.29) is 0 Å². The first-order valence-corrected chi connectivity index (χ1v) is 3.58. The molecule has 0 aromatic rings. The molecule has 0 bridgehead atoms. The van der Waals surface area contributed by atoms with Crippen LogP contribution < -0.4 is 0 Å². The van der Waals surface area contributed by atoms with Crippen LogP contribution in [0.4, 0.5) is 0 Å². The molecular weight excluding hydrogens is 138 g/mol. The highest BCUT2D eigenvalue weighted by Gasteiger charge is 1.92. The minimum absolute atomic E-state index is 0.671. The smallest absolute Gasteiger partial charge is 0.139 e. The number of ether oxygens (including phenoxy) is 1. The van der Waals surface area contributed by atoms with Gasteiger partial charge in [0.25, 0.3) is 0 Å². The van der Waals surface area contributed by atoms with E-state index in [9.17, 15) is 0 Å². The first kappa shape index (κ1) is 12.6. The van der Waals surface area contributed by atoms with E-state index in [1.165, 1.54) is 6.20 Å². The number of aliphatic imine (C=N–C) groups is 1. The van der Waals surface area contributed by atoms with E-state index in [2.05, 4.69) is 18.3 Å². The number of methoxy groups -OCH3 is 1. The molecule has 0 aliphatic carbocycles. The Kier molecular flexibility index (Phi) is 10.3. The summed E-state index contributed by atoms with van der Waals surface area (Å²) in [6, 6.07) is 0. The highest BCUT2D eigenvalue weighted by Crippen LogP contribution is 2.05. The van der Waals surface area contributed by atoms with Crippen LogP contribution in [0.15, 0.2) is 29.1 Å². The van der Waals surface area contributed by atoms with E-state index in [1.807, 2.05) is 20.8 Å². The van der Waals surface area contributed by atoms with Gasteiger partial charge in [0.2, 0.25) is 0 Å². The lowest BCUT2D eigenvalue weighted by molar-refractivity contribution is 0.300. The first-order valence-electron chi connectivity index (χ1n) is 3.58. The fraction of sp³-hybridized carbons (Fsp3) is 0.444. The van der Waals surface area contributed by atoms with Gasteiger partial charge in [-0.2, -0.15) is 0 Å². The largest absolute Gasteiger partial charge is 0.495 e. The highest BCUT2D eigenvalue weighted by molar-refractivity contribution is 5.29. The summed E-state index contributed by atoms with van der Waals surface area (Å²) in [4.78, 5) is 3.53. The van der Waals surface area contributed by atoms with Crippen LogP contribution in [0.25, 0.3) is 0 Å². The summed E-state index contributed by atoms with van der Waals surface area (Å²) in [7, 11) is 1.58. The van der Waals surface area contributed by atoms with E-state index in [1.54, 1.807) is 7.11 Å². The highest BCUT2D eigenvalue weighted by atomic mass is 16.5. The quantitative estimate of drug-likeness (QED) is 0.349. The number of nitrogens with zero attached hydrogens (tertiary/aromatic N) is 1. The Morgan fingerprint density at radius 2 is 1.91 bits per heavy atom. The summed E-state index contributed by atoms with van der Waals surface area (Å²) < 4.78 is 4.88. The fourth-order valence-corrected chi connectivity index (χ4v) is 0.420. The van der Waals surface area contributed by atoms with Crippen molar-refractivity contribution < 1.29 is 4.74 Å². The fourth-order valence-electron chi connectivity index (χ4n) is 0.420. The van der Waals surface area contributed by atoms with E-state index >= 15 is 0 Å². The maximum absolute atomic E-state index is 4.88. The summed E-state index contributed by atoms with van der Waals surface area (Å²) in [5.74, 6) is 0.671. The van der Waals surface area contributed by atoms with Crippen LogP contribution in [0, 0.1) is 0 Å². The van der Waals surface area contributed by atoms with Crippen LogP contribution in [-0.2, 0) is 4.74 Å². The summed E-state index contributed by atoms with van der Waals surface area (Å²) in [6.07, 6.45) is 1.53. The second-order valence-corrected chi connectivity index (χ2v) is 1.66. The molecule has 0 saturated carbocycles. The molecule has 2 heteroatoms. The van der Waals surface area contributed by atoms with Gasteiger partial charge in [-0.15, -0.1) is 0 Å². The van der Waals surface area contributed by atoms with Crippen molar-refractivity contribution in [2.75, 3.05) is 7.11 Å². The Bertz CT molecular complexity index is 148. The molecular formula is C9H17NO. The lowest BCUT2D eigenvalue weighted by atomic mass is 10.3. The molecule has 11 heavy (non-hydrogen) atoms. The standard InChI is InChI=1S/C7H11NO.C2H6/c1-6(2)7(9-4)5-8-3;1-2/h5H,1,3H2,2,4H3;1-2H3/b7-5+;. The SMILES string of the molecule is C=N/C=C(/OC)C(=C)C.CC. The zero-order valence-corrected chi connectivity index (χ0v) is 7.85. The van der Waals surface area contributed by atoms with Gasteiger partial charge in [0.1, 0.15) is 5.76 Å². The van der Waals surface area contributed by atoms with Gasteiger partial charge >= 0.3 is 0 Å². The predicted molar refractivity (Wildman–Crippen MR) is 50.8 cm³/mol. The average Bonchev–Trinajstić information content (AvgIpc) is 2.03. The van der Waals surface area contributed by atoms with Crippen LogP contribution in [0.5, 0.6) is 0 Å². The van der Waals surface area contributed by atoms with Crippen LogP contribution in [0.2, 0.25) is 0 Å². The maximum Gasteiger partial charge on any atom is 0.139 e. The van der Waals surface area contributed by atoms with Crippen molar-refractivity contribution in [1.82, 2.24) is 0 Å². The monoisotopic (exact) mass is 155 g/mol. The Labute approximate surface area is 69.3 Å². The van der Waals surface area contributed by atoms with Gasteiger partial charge in [0.05, 0.1) is 13.3 Å². The van der Waals surface area contributed by atoms with E-state index in [4.69, 9.17) is 4.74 Å². The van der Waals surface area contributed by atoms with Crippen LogP contribution in [-0.4, -0.2) is 13.8 Å². The van der Waals surface area contributed by atoms with Crippen molar-refractivity contribution in [3.8, 4) is 0 Å². The molecule has 0 aliphatic rings. The zero-order valence-electron chi connectivity index (χ0n) is 7.85. The van der Waals surface area contributed by atoms with E-state index < -0.39 is 0 Å². The van der Waals surface area contributed by atoms with E-state index in [0.717, 1.165) is 5.57 Å². The van der Waals surface area contributed by atoms with Gasteiger partial charge in [-0.25, -0.2) is 0 Å². The number of allylic oxidation sites excluding steroid dienone is 1. The molecule has 0 fully saturated rings. The molecule has 0 aromatic heterocycles. The molecule has 0 saturated heterocycles. The van der Waals surface area contributed by atoms with Gasteiger partial charge in [0, 0.05) is 0 Å². The molecule has 0 spiro atoms. The normalized spacial score (nSPS) is 9.27. The minimum Gasteiger partial charge on any atom is -0.495 e. The molecule has 64 valence electrons. The summed E-state index contributed by atoms with van der Waals surface area (Å²) in [5, 5.41) is 0. The molecule has 0 aliphatic heterocycles. The zero-order chi connectivity index (χ0) is 9.28. The topological polar surface area (TPSA) is 21.6 Å². The molecule has 0 unspecified atom stereocenters. The summed E-state index contributed by atoms with van der Waals surface area (Å²) in [5.41, 5.74) is 0.852. The van der Waals surface area contributed by atoms with Crippen molar-refractivity contribution in [3.63, 3.8) is 0 Å². The third kappa shape index (κ3) is 6.84. The maximum atomic E-state index is 4.88. The van der Waals surface area contributed by atoms with Crippen molar-refractivity contribution in [3.05, 3.63) is 24.1 Å². The van der Waals surface area contributed by atoms with Crippen molar-refractivity contribution in [2.45, 2.75) is 20.8 Å². The van der Waals surface area contributed by atoms with Crippen molar-refractivity contribution >= 4 is 6.72 Å². The van der Waals surface area contributed by atoms with Gasteiger partial charge in [-0.3, -0.25) is 4.99 Å². The van der Waals surface area contributed by atoms with Crippen molar-refractivity contribution in [2.24, 2.45) is 4.99 Å². The lowest BCUT2D eigenvalue weighted by Crippen LogP contribution is -1.85. The molecule has 0 amide bonds. The predicted octanol–water partition coefficient (Wildman–Crippen LogP) is 2.78. The summed E-state index contributed by atoms with van der Waals surface area (Å²) >= 11 is 0. The minimum atomic E-state index is 0.671. The third-order valence-corrected chi connectivity index (χ3v) is 0.849. The Morgan fingerprint density at radius 3 is 2.00 bits per heavy atom. The number of rotatable bonds is 3. The summed E-state index contributed by atoms with van der Waals surface area (Å²) in [6.45, 7) is 12.8. The van der Waals surface area contributed by atoms with Gasteiger partial charge in [0.15, 0.2) is 0 Å².